The van der Waals surface area contributed by atoms with Crippen LogP contribution in [0.15, 0.2) is 85.1 Å². The van der Waals surface area contributed by atoms with Crippen molar-refractivity contribution < 1.29 is 13.9 Å². The Morgan fingerprint density at radius 1 is 0.941 bits per heavy atom. The van der Waals surface area contributed by atoms with Gasteiger partial charge in [-0.2, -0.15) is 0 Å². The molecule has 0 atom stereocenters. The Hall–Kier alpha value is -3.43. The average molecular weight is 515 g/mol. The first kappa shape index (κ1) is 23.7. The Bertz CT molecular complexity index is 1260. The van der Waals surface area contributed by atoms with Gasteiger partial charge in [0.2, 0.25) is 0 Å². The molecular formula is C28H25AsFN2O2. The van der Waals surface area contributed by atoms with Crippen LogP contribution in [0.2, 0.25) is 0 Å². The molecule has 0 bridgehead atoms. The second kappa shape index (κ2) is 11.1. The number of nitrogens with one attached hydrogen (secondary N) is 1. The van der Waals surface area contributed by atoms with Crippen LogP contribution in [0.1, 0.15) is 22.3 Å². The standard InChI is InChI=1S/C28H25AsFN2O2/c1-19-3-11-25(12-4-19)34-28-14-7-22(18-31-28)17-29-23-8-13-26(20(2)15-23)32-27(33)16-21-5-9-24(30)10-6-21/h3-15,18H,16-17H2,1-2H3,(H,32,33). The van der Waals surface area contributed by atoms with E-state index in [-0.39, 0.29) is 33.9 Å². The fourth-order valence-electron chi connectivity index (χ4n) is 3.34. The van der Waals surface area contributed by atoms with Gasteiger partial charge in [-0.15, -0.1) is 0 Å². The Morgan fingerprint density at radius 2 is 1.68 bits per heavy atom. The second-order valence-corrected chi connectivity index (χ2v) is 10.5. The molecule has 0 aliphatic carbocycles. The third-order valence-electron chi connectivity index (χ3n) is 5.25. The van der Waals surface area contributed by atoms with Crippen LogP contribution in [-0.2, 0) is 16.4 Å². The van der Waals surface area contributed by atoms with Gasteiger partial charge < -0.3 is 0 Å². The zero-order chi connectivity index (χ0) is 23.9. The van der Waals surface area contributed by atoms with Gasteiger partial charge in [0, 0.05) is 0 Å². The maximum atomic E-state index is 13.0. The van der Waals surface area contributed by atoms with Crippen molar-refractivity contribution in [2.75, 3.05) is 5.32 Å². The average Bonchev–Trinajstić information content (AvgIpc) is 2.83. The normalized spacial score (nSPS) is 11.0. The molecule has 0 unspecified atom stereocenters. The van der Waals surface area contributed by atoms with E-state index in [1.54, 1.807) is 12.1 Å². The summed E-state index contributed by atoms with van der Waals surface area (Å²) in [4.78, 5) is 16.8. The molecule has 1 amide bonds. The van der Waals surface area contributed by atoms with Crippen molar-refractivity contribution in [1.29, 1.82) is 0 Å². The number of ether oxygens (including phenoxy) is 1. The summed E-state index contributed by atoms with van der Waals surface area (Å²) in [6, 6.07) is 24.0. The van der Waals surface area contributed by atoms with E-state index in [2.05, 4.69) is 28.5 Å². The number of benzene rings is 3. The zero-order valence-corrected chi connectivity index (χ0v) is 21.0. The molecule has 0 aliphatic heterocycles. The molecule has 0 spiro atoms. The third-order valence-corrected chi connectivity index (χ3v) is 7.69. The van der Waals surface area contributed by atoms with Crippen LogP contribution in [0.4, 0.5) is 10.1 Å². The van der Waals surface area contributed by atoms with Gasteiger partial charge in [0.05, 0.1) is 0 Å². The van der Waals surface area contributed by atoms with E-state index in [0.717, 1.165) is 27.8 Å². The summed E-state index contributed by atoms with van der Waals surface area (Å²) < 4.78 is 20.1. The Morgan fingerprint density at radius 3 is 2.35 bits per heavy atom. The molecule has 171 valence electrons. The van der Waals surface area contributed by atoms with E-state index >= 15 is 0 Å². The van der Waals surface area contributed by atoms with E-state index in [9.17, 15) is 9.18 Å². The molecule has 0 fully saturated rings. The van der Waals surface area contributed by atoms with Gasteiger partial charge >= 0.3 is 206 Å². The molecule has 1 aromatic heterocycles. The number of amides is 1. The van der Waals surface area contributed by atoms with Crippen molar-refractivity contribution in [2.45, 2.75) is 25.5 Å². The molecule has 0 aliphatic rings. The van der Waals surface area contributed by atoms with E-state index in [1.807, 2.05) is 56.4 Å². The monoisotopic (exact) mass is 515 g/mol. The van der Waals surface area contributed by atoms with Crippen LogP contribution in [0, 0.1) is 19.7 Å². The van der Waals surface area contributed by atoms with Crippen LogP contribution in [0.5, 0.6) is 11.6 Å². The number of pyridine rings is 1. The molecule has 4 nitrogen and oxygen atoms in total. The molecule has 0 saturated heterocycles. The van der Waals surface area contributed by atoms with Gasteiger partial charge in [-0.3, -0.25) is 0 Å². The maximum absolute atomic E-state index is 13.0. The summed E-state index contributed by atoms with van der Waals surface area (Å²) in [6.07, 6.45) is 2.08. The number of aromatic nitrogens is 1. The van der Waals surface area contributed by atoms with Crippen molar-refractivity contribution in [2.24, 2.45) is 0 Å². The summed E-state index contributed by atoms with van der Waals surface area (Å²) in [6.45, 7) is 4.04. The van der Waals surface area contributed by atoms with E-state index in [4.69, 9.17) is 4.74 Å². The SMILES string of the molecule is Cc1ccc(Oc2ccc(C[As]c3ccc(NC(=O)Cc4ccc(F)cc4)c(C)c3)cn2)cc1. The Labute approximate surface area is 205 Å². The van der Waals surface area contributed by atoms with Crippen LogP contribution >= 0.6 is 0 Å². The first-order valence-corrected chi connectivity index (χ1v) is 13.2. The molecule has 1 radical (unpaired) electrons. The van der Waals surface area contributed by atoms with E-state index in [0.29, 0.717) is 5.88 Å². The zero-order valence-electron chi connectivity index (χ0n) is 19.1. The predicted molar refractivity (Wildman–Crippen MR) is 134 cm³/mol. The number of halogens is 1. The minimum atomic E-state index is -0.305. The van der Waals surface area contributed by atoms with Crippen molar-refractivity contribution >= 4 is 31.7 Å². The van der Waals surface area contributed by atoms with Crippen LogP contribution in [0.25, 0.3) is 0 Å². The van der Waals surface area contributed by atoms with Gasteiger partial charge in [-0.1, -0.05) is 0 Å². The molecule has 4 rings (SSSR count). The van der Waals surface area contributed by atoms with Gasteiger partial charge in [0.1, 0.15) is 0 Å². The summed E-state index contributed by atoms with van der Waals surface area (Å²) in [5.41, 5.74) is 4.97. The third kappa shape index (κ3) is 6.79. The molecular weight excluding hydrogens is 490 g/mol. The van der Waals surface area contributed by atoms with Crippen LogP contribution in [-0.4, -0.2) is 26.6 Å². The van der Waals surface area contributed by atoms with Crippen molar-refractivity contribution in [1.82, 2.24) is 4.98 Å². The molecule has 6 heteroatoms. The van der Waals surface area contributed by atoms with Crippen LogP contribution < -0.4 is 14.4 Å². The molecule has 1 heterocycles. The number of carbonyl (C=O) groups is 1. The molecule has 34 heavy (non-hydrogen) atoms. The van der Waals surface area contributed by atoms with Crippen molar-refractivity contribution in [3.63, 3.8) is 0 Å². The summed E-state index contributed by atoms with van der Waals surface area (Å²) >= 11 is -0.0750. The van der Waals surface area contributed by atoms with Gasteiger partial charge in [-0.05, 0) is 0 Å². The first-order chi connectivity index (χ1) is 16.4. The van der Waals surface area contributed by atoms with Crippen molar-refractivity contribution in [3.05, 3.63) is 113 Å². The number of rotatable bonds is 8. The molecule has 3 aromatic carbocycles. The number of aryl methyl sites for hydroxylation is 2. The Balaban J connectivity index is 1.29. The van der Waals surface area contributed by atoms with E-state index < -0.39 is 0 Å². The van der Waals surface area contributed by atoms with Gasteiger partial charge in [-0.25, -0.2) is 0 Å². The number of anilines is 1. The fourth-order valence-corrected chi connectivity index (χ4v) is 5.48. The number of hydrogen-bond acceptors (Lipinski definition) is 3. The van der Waals surface area contributed by atoms with Gasteiger partial charge in [0.15, 0.2) is 0 Å². The number of nitrogens with zero attached hydrogens (tertiary/aromatic N) is 1. The predicted octanol–water partition coefficient (Wildman–Crippen LogP) is 5.34. The first-order valence-electron chi connectivity index (χ1n) is 11.0. The molecule has 4 aromatic rings. The quantitative estimate of drug-likeness (QED) is 0.323. The van der Waals surface area contributed by atoms with E-state index in [1.165, 1.54) is 27.6 Å². The topological polar surface area (TPSA) is 51.2 Å². The summed E-state index contributed by atoms with van der Waals surface area (Å²) in [7, 11) is 0. The number of hydrogen-bond donors (Lipinski definition) is 1. The minimum absolute atomic E-state index is 0.0750. The fraction of sp³-hybridized carbons (Fsp3) is 0.143. The summed E-state index contributed by atoms with van der Waals surface area (Å²) in [5.74, 6) is 0.938. The second-order valence-electron chi connectivity index (χ2n) is 8.09. The van der Waals surface area contributed by atoms with Crippen LogP contribution in [0.3, 0.4) is 0 Å². The Kier molecular flexibility index (Phi) is 7.76. The molecule has 0 saturated carbocycles. The number of carbonyl (C=O) groups excluding carboxylic acids is 1. The summed E-state index contributed by atoms with van der Waals surface area (Å²) in [5, 5.41) is 3.91. The van der Waals surface area contributed by atoms with Gasteiger partial charge in [0.25, 0.3) is 0 Å². The van der Waals surface area contributed by atoms with Crippen molar-refractivity contribution in [3.8, 4) is 11.6 Å². The molecule has 1 N–H and O–H groups in total.